The molecule has 0 saturated carbocycles. The number of H-pyrrole nitrogens is 1. The Kier molecular flexibility index (Phi) is 1.82. The Morgan fingerprint density at radius 1 is 1.73 bits per heavy atom. The third kappa shape index (κ3) is 1.19. The van der Waals surface area contributed by atoms with Crippen molar-refractivity contribution in [2.24, 2.45) is 7.05 Å². The Morgan fingerprint density at radius 3 is 2.45 bits per heavy atom. The van der Waals surface area contributed by atoms with E-state index in [1.807, 2.05) is 0 Å². The van der Waals surface area contributed by atoms with E-state index < -0.39 is 5.97 Å². The molecule has 0 atom stereocenters. The Hall–Kier alpha value is -1.10. The van der Waals surface area contributed by atoms with E-state index >= 15 is 0 Å². The zero-order valence-corrected chi connectivity index (χ0v) is 7.03. The molecule has 0 aliphatic heterocycles. The van der Waals surface area contributed by atoms with Crippen molar-refractivity contribution in [1.29, 1.82) is 0 Å². The van der Waals surface area contributed by atoms with Crippen molar-refractivity contribution >= 4 is 18.2 Å². The van der Waals surface area contributed by atoms with Crippen LogP contribution in [0.5, 0.6) is 0 Å². The summed E-state index contributed by atoms with van der Waals surface area (Å²) < 4.78 is 2.05. The predicted octanol–water partition coefficient (Wildman–Crippen LogP) is 1.09. The van der Waals surface area contributed by atoms with Crippen molar-refractivity contribution in [1.82, 2.24) is 9.55 Å². The molecular weight excluding hydrogens is 164 g/mol. The molecule has 5 heteroatoms. The number of nitrogens with one attached hydrogen (secondary N) is 1. The minimum Gasteiger partial charge on any atom is -0.477 e. The Bertz CT molecular complexity index is 350. The largest absolute Gasteiger partial charge is 0.477 e. The summed E-state index contributed by atoms with van der Waals surface area (Å²) in [4.78, 5) is 13.1. The van der Waals surface area contributed by atoms with Gasteiger partial charge in [-0.15, -0.1) is 0 Å². The van der Waals surface area contributed by atoms with Crippen molar-refractivity contribution < 1.29 is 9.90 Å². The molecule has 1 rings (SSSR count). The van der Waals surface area contributed by atoms with Gasteiger partial charge in [-0.3, -0.25) is 0 Å². The SMILES string of the molecule is Cc1c(C(=O)O)[nH]c(=S)n1C. The summed E-state index contributed by atoms with van der Waals surface area (Å²) in [6, 6.07) is 0. The van der Waals surface area contributed by atoms with Crippen LogP contribution in [0.1, 0.15) is 16.2 Å². The molecule has 2 N–H and O–H groups in total. The van der Waals surface area contributed by atoms with Gasteiger partial charge < -0.3 is 14.7 Å². The van der Waals surface area contributed by atoms with E-state index in [0.29, 0.717) is 10.5 Å². The molecule has 0 radical (unpaired) electrons. The van der Waals surface area contributed by atoms with Gasteiger partial charge in [0.25, 0.3) is 0 Å². The number of hydrogen-bond donors (Lipinski definition) is 2. The lowest BCUT2D eigenvalue weighted by Crippen LogP contribution is -2.00. The van der Waals surface area contributed by atoms with Gasteiger partial charge in [0.05, 0.1) is 0 Å². The highest BCUT2D eigenvalue weighted by Gasteiger charge is 2.10. The minimum atomic E-state index is -0.978. The summed E-state index contributed by atoms with van der Waals surface area (Å²) in [7, 11) is 1.72. The number of carboxylic acids is 1. The van der Waals surface area contributed by atoms with Crippen LogP contribution in [-0.2, 0) is 7.05 Å². The van der Waals surface area contributed by atoms with Crippen LogP contribution in [0.2, 0.25) is 0 Å². The van der Waals surface area contributed by atoms with Crippen molar-refractivity contribution in [2.45, 2.75) is 6.92 Å². The van der Waals surface area contributed by atoms with Crippen LogP contribution in [0.3, 0.4) is 0 Å². The molecular formula is C6H8N2O2S. The molecule has 1 aromatic rings. The number of nitrogens with zero attached hydrogens (tertiary/aromatic N) is 1. The Labute approximate surface area is 68.5 Å². The monoisotopic (exact) mass is 172 g/mol. The molecule has 4 nitrogen and oxygen atoms in total. The maximum atomic E-state index is 10.5. The smallest absolute Gasteiger partial charge is 0.354 e. The van der Waals surface area contributed by atoms with Gasteiger partial charge in [-0.2, -0.15) is 0 Å². The van der Waals surface area contributed by atoms with Crippen LogP contribution in [0.4, 0.5) is 0 Å². The molecule has 0 spiro atoms. The Morgan fingerprint density at radius 2 is 2.27 bits per heavy atom. The topological polar surface area (TPSA) is 58.0 Å². The number of aromatic amines is 1. The van der Waals surface area contributed by atoms with Gasteiger partial charge in [0.2, 0.25) is 0 Å². The highest BCUT2D eigenvalue weighted by atomic mass is 32.1. The van der Waals surface area contributed by atoms with Crippen LogP contribution < -0.4 is 0 Å². The zero-order valence-electron chi connectivity index (χ0n) is 6.21. The first kappa shape index (κ1) is 8.00. The Balaban J connectivity index is 3.42. The van der Waals surface area contributed by atoms with Crippen LogP contribution in [0, 0.1) is 11.7 Å². The van der Waals surface area contributed by atoms with Crippen LogP contribution in [-0.4, -0.2) is 20.6 Å². The molecule has 0 fully saturated rings. The van der Waals surface area contributed by atoms with E-state index in [2.05, 4.69) is 4.98 Å². The molecule has 11 heavy (non-hydrogen) atoms. The molecule has 0 aliphatic rings. The van der Waals surface area contributed by atoms with Gasteiger partial charge in [-0.1, -0.05) is 0 Å². The molecule has 0 amide bonds. The van der Waals surface area contributed by atoms with E-state index in [9.17, 15) is 4.79 Å². The van der Waals surface area contributed by atoms with Crippen LogP contribution >= 0.6 is 12.2 Å². The lowest BCUT2D eigenvalue weighted by atomic mass is 10.3. The van der Waals surface area contributed by atoms with Crippen molar-refractivity contribution in [3.8, 4) is 0 Å². The molecule has 0 saturated heterocycles. The summed E-state index contributed by atoms with van der Waals surface area (Å²) in [6.45, 7) is 1.70. The highest BCUT2D eigenvalue weighted by Crippen LogP contribution is 2.04. The van der Waals surface area contributed by atoms with Gasteiger partial charge in [0.1, 0.15) is 5.69 Å². The third-order valence-corrected chi connectivity index (χ3v) is 1.99. The van der Waals surface area contributed by atoms with Gasteiger partial charge in [-0.25, -0.2) is 4.79 Å². The molecule has 60 valence electrons. The van der Waals surface area contributed by atoms with E-state index in [4.69, 9.17) is 17.3 Å². The normalized spacial score (nSPS) is 10.0. The quantitative estimate of drug-likeness (QED) is 0.623. The first-order chi connectivity index (χ1) is 5.04. The third-order valence-electron chi connectivity index (χ3n) is 1.62. The number of aromatic carboxylic acids is 1. The minimum absolute atomic E-state index is 0.164. The lowest BCUT2D eigenvalue weighted by molar-refractivity contribution is 0.0690. The van der Waals surface area contributed by atoms with Gasteiger partial charge in [0.15, 0.2) is 4.77 Å². The number of carboxylic acid groups (broad SMARTS) is 1. The van der Waals surface area contributed by atoms with E-state index in [-0.39, 0.29) is 5.69 Å². The fourth-order valence-corrected chi connectivity index (χ4v) is 1.05. The second kappa shape index (κ2) is 2.50. The van der Waals surface area contributed by atoms with Crippen molar-refractivity contribution in [3.05, 3.63) is 16.2 Å². The first-order valence-electron chi connectivity index (χ1n) is 3.03. The first-order valence-corrected chi connectivity index (χ1v) is 3.43. The standard InChI is InChI=1S/C6H8N2O2S/c1-3-4(5(9)10)7-6(11)8(3)2/h1-2H3,(H,7,11)(H,9,10). The lowest BCUT2D eigenvalue weighted by Gasteiger charge is -1.93. The van der Waals surface area contributed by atoms with Crippen LogP contribution in [0.25, 0.3) is 0 Å². The molecule has 1 heterocycles. The molecule has 0 aliphatic carbocycles. The van der Waals surface area contributed by atoms with Crippen molar-refractivity contribution in [3.63, 3.8) is 0 Å². The molecule has 1 aromatic heterocycles. The number of rotatable bonds is 1. The van der Waals surface area contributed by atoms with E-state index in [0.717, 1.165) is 0 Å². The number of carbonyl (C=O) groups is 1. The van der Waals surface area contributed by atoms with Gasteiger partial charge in [0, 0.05) is 12.7 Å². The maximum Gasteiger partial charge on any atom is 0.354 e. The average molecular weight is 172 g/mol. The fourth-order valence-electron chi connectivity index (χ4n) is 0.809. The van der Waals surface area contributed by atoms with Crippen LogP contribution in [0.15, 0.2) is 0 Å². The zero-order chi connectivity index (χ0) is 8.59. The summed E-state index contributed by atoms with van der Waals surface area (Å²) >= 11 is 4.82. The second-order valence-corrected chi connectivity index (χ2v) is 2.64. The summed E-state index contributed by atoms with van der Waals surface area (Å²) in [5.74, 6) is -0.978. The number of imidazole rings is 1. The number of aromatic nitrogens is 2. The molecule has 0 unspecified atom stereocenters. The maximum absolute atomic E-state index is 10.5. The summed E-state index contributed by atoms with van der Waals surface area (Å²) in [5.41, 5.74) is 0.806. The van der Waals surface area contributed by atoms with E-state index in [1.165, 1.54) is 0 Å². The summed E-state index contributed by atoms with van der Waals surface area (Å²) in [5, 5.41) is 8.61. The van der Waals surface area contributed by atoms with Gasteiger partial charge >= 0.3 is 5.97 Å². The fraction of sp³-hybridized carbons (Fsp3) is 0.333. The number of hydrogen-bond acceptors (Lipinski definition) is 2. The van der Waals surface area contributed by atoms with E-state index in [1.54, 1.807) is 18.5 Å². The second-order valence-electron chi connectivity index (χ2n) is 2.25. The predicted molar refractivity (Wildman–Crippen MR) is 42.3 cm³/mol. The van der Waals surface area contributed by atoms with Crippen molar-refractivity contribution in [2.75, 3.05) is 0 Å². The summed E-state index contributed by atoms with van der Waals surface area (Å²) in [6.07, 6.45) is 0. The highest BCUT2D eigenvalue weighted by molar-refractivity contribution is 7.71. The van der Waals surface area contributed by atoms with Gasteiger partial charge in [-0.05, 0) is 19.1 Å². The molecule has 0 bridgehead atoms. The molecule has 0 aromatic carbocycles. The average Bonchev–Trinajstić information content (AvgIpc) is 2.17.